The molecule has 4 heteroatoms. The van der Waals surface area contributed by atoms with E-state index in [-0.39, 0.29) is 30.4 Å². The second-order valence-electron chi connectivity index (χ2n) is 5.06. The van der Waals surface area contributed by atoms with Crippen LogP contribution in [-0.2, 0) is 0 Å². The molecule has 96 valence electrons. The molecule has 0 spiro atoms. The van der Waals surface area contributed by atoms with Crippen molar-refractivity contribution >= 4 is 24.8 Å². The van der Waals surface area contributed by atoms with Crippen LogP contribution in [0.4, 0.5) is 0 Å². The molecular weight excluding hydrogens is 255 g/mol. The summed E-state index contributed by atoms with van der Waals surface area (Å²) < 4.78 is 0. The Labute approximate surface area is 115 Å². The molecule has 2 fully saturated rings. The van der Waals surface area contributed by atoms with Gasteiger partial charge in [-0.3, -0.25) is 0 Å². The molecule has 0 aromatic heterocycles. The van der Waals surface area contributed by atoms with E-state index in [2.05, 4.69) is 35.6 Å². The van der Waals surface area contributed by atoms with Crippen molar-refractivity contribution < 1.29 is 0 Å². The molecule has 0 radical (unpaired) electrons. The third-order valence-corrected chi connectivity index (χ3v) is 3.62. The summed E-state index contributed by atoms with van der Waals surface area (Å²) >= 11 is 0. The van der Waals surface area contributed by atoms with Crippen molar-refractivity contribution in [3.05, 3.63) is 35.9 Å². The molecule has 1 aromatic carbocycles. The minimum Gasteiger partial charge on any atom is -0.323 e. The number of hydrogen-bond acceptors (Lipinski definition) is 2. The van der Waals surface area contributed by atoms with Crippen molar-refractivity contribution in [3.8, 4) is 0 Å². The highest BCUT2D eigenvalue weighted by atomic mass is 35.5. The predicted octanol–water partition coefficient (Wildman–Crippen LogP) is 2.47. The quantitative estimate of drug-likeness (QED) is 0.886. The highest BCUT2D eigenvalue weighted by Gasteiger charge is 2.51. The molecule has 0 bridgehead atoms. The van der Waals surface area contributed by atoms with Gasteiger partial charge < -0.3 is 11.1 Å². The number of nitrogens with two attached hydrogens (primary N) is 1. The van der Waals surface area contributed by atoms with Crippen molar-refractivity contribution in [1.82, 2.24) is 5.32 Å². The van der Waals surface area contributed by atoms with Gasteiger partial charge in [-0.05, 0) is 24.8 Å². The smallest absolute Gasteiger partial charge is 0.0357 e. The maximum absolute atomic E-state index is 6.34. The minimum atomic E-state index is 0. The van der Waals surface area contributed by atoms with Crippen LogP contribution >= 0.6 is 24.8 Å². The SMILES string of the molecule is Cl.Cl.NC1(CNC2CC2)CC1c1ccccc1. The zero-order chi connectivity index (χ0) is 10.3. The van der Waals surface area contributed by atoms with Gasteiger partial charge in [-0.2, -0.15) is 0 Å². The zero-order valence-corrected chi connectivity index (χ0v) is 11.4. The summed E-state index contributed by atoms with van der Waals surface area (Å²) in [6.45, 7) is 0.983. The Kier molecular flexibility index (Phi) is 4.85. The average Bonchev–Trinajstić information content (AvgIpc) is 3.13. The van der Waals surface area contributed by atoms with Gasteiger partial charge in [0, 0.05) is 24.0 Å². The maximum atomic E-state index is 6.34. The molecule has 2 nitrogen and oxygen atoms in total. The number of rotatable bonds is 4. The molecule has 2 aliphatic rings. The van der Waals surface area contributed by atoms with Crippen LogP contribution in [-0.4, -0.2) is 18.1 Å². The van der Waals surface area contributed by atoms with Gasteiger partial charge in [0.25, 0.3) is 0 Å². The van der Waals surface area contributed by atoms with Gasteiger partial charge in [0.1, 0.15) is 0 Å². The summed E-state index contributed by atoms with van der Waals surface area (Å²) in [5, 5.41) is 3.53. The molecule has 2 atom stereocenters. The molecule has 17 heavy (non-hydrogen) atoms. The lowest BCUT2D eigenvalue weighted by Gasteiger charge is -2.12. The number of hydrogen-bond donors (Lipinski definition) is 2. The van der Waals surface area contributed by atoms with E-state index in [1.165, 1.54) is 18.4 Å². The largest absolute Gasteiger partial charge is 0.323 e. The van der Waals surface area contributed by atoms with E-state index in [9.17, 15) is 0 Å². The predicted molar refractivity (Wildman–Crippen MR) is 76.2 cm³/mol. The standard InChI is InChI=1S/C13H18N2.2ClH/c14-13(9-15-11-6-7-11)8-12(13)10-4-2-1-3-5-10;;/h1-5,11-12,15H,6-9,14H2;2*1H. The van der Waals surface area contributed by atoms with E-state index < -0.39 is 0 Å². The van der Waals surface area contributed by atoms with Crippen molar-refractivity contribution in [2.24, 2.45) is 5.73 Å². The number of benzene rings is 1. The highest BCUT2D eigenvalue weighted by Crippen LogP contribution is 2.49. The van der Waals surface area contributed by atoms with Crippen molar-refractivity contribution in [1.29, 1.82) is 0 Å². The summed E-state index contributed by atoms with van der Waals surface area (Å²) in [5.41, 5.74) is 7.77. The van der Waals surface area contributed by atoms with Crippen LogP contribution in [0, 0.1) is 0 Å². The first kappa shape index (κ1) is 14.8. The molecule has 2 saturated carbocycles. The third-order valence-electron chi connectivity index (χ3n) is 3.62. The van der Waals surface area contributed by atoms with Gasteiger partial charge in [0.05, 0.1) is 0 Å². The molecule has 2 aliphatic carbocycles. The fourth-order valence-electron chi connectivity index (χ4n) is 2.27. The molecule has 0 heterocycles. The Morgan fingerprint density at radius 1 is 1.18 bits per heavy atom. The van der Waals surface area contributed by atoms with E-state index in [0.717, 1.165) is 19.0 Å². The lowest BCUT2D eigenvalue weighted by atomic mass is 10.1. The Hall–Kier alpha value is -0.280. The zero-order valence-electron chi connectivity index (χ0n) is 9.76. The van der Waals surface area contributed by atoms with Crippen LogP contribution < -0.4 is 11.1 Å². The van der Waals surface area contributed by atoms with Crippen LogP contribution in [0.5, 0.6) is 0 Å². The Morgan fingerprint density at radius 3 is 2.41 bits per heavy atom. The number of nitrogens with one attached hydrogen (secondary N) is 1. The fourth-order valence-corrected chi connectivity index (χ4v) is 2.27. The molecule has 1 aromatic rings. The van der Waals surface area contributed by atoms with Gasteiger partial charge in [-0.15, -0.1) is 24.8 Å². The van der Waals surface area contributed by atoms with Crippen molar-refractivity contribution in [2.45, 2.75) is 36.8 Å². The van der Waals surface area contributed by atoms with Gasteiger partial charge in [0.15, 0.2) is 0 Å². The molecule has 0 saturated heterocycles. The normalized spacial score (nSPS) is 30.1. The fraction of sp³-hybridized carbons (Fsp3) is 0.538. The van der Waals surface area contributed by atoms with Crippen LogP contribution in [0.15, 0.2) is 30.3 Å². The summed E-state index contributed by atoms with van der Waals surface area (Å²) in [6, 6.07) is 11.4. The van der Waals surface area contributed by atoms with Gasteiger partial charge in [-0.1, -0.05) is 30.3 Å². The Morgan fingerprint density at radius 2 is 1.82 bits per heavy atom. The summed E-state index contributed by atoms with van der Waals surface area (Å²) in [4.78, 5) is 0. The second kappa shape index (κ2) is 5.57. The van der Waals surface area contributed by atoms with E-state index in [0.29, 0.717) is 5.92 Å². The Balaban J connectivity index is 0.000000722. The van der Waals surface area contributed by atoms with E-state index in [1.54, 1.807) is 0 Å². The first-order valence-electron chi connectivity index (χ1n) is 5.85. The Bertz CT molecular complexity index is 354. The van der Waals surface area contributed by atoms with Gasteiger partial charge in [-0.25, -0.2) is 0 Å². The van der Waals surface area contributed by atoms with Crippen LogP contribution in [0.3, 0.4) is 0 Å². The maximum Gasteiger partial charge on any atom is 0.0357 e. The first-order chi connectivity index (χ1) is 7.28. The molecule has 0 amide bonds. The van der Waals surface area contributed by atoms with Crippen LogP contribution in [0.1, 0.15) is 30.7 Å². The summed E-state index contributed by atoms with van der Waals surface area (Å²) in [5.74, 6) is 0.574. The second-order valence-corrected chi connectivity index (χ2v) is 5.06. The molecular formula is C13H20Cl2N2. The lowest BCUT2D eigenvalue weighted by molar-refractivity contribution is 0.553. The van der Waals surface area contributed by atoms with Gasteiger partial charge in [0.2, 0.25) is 0 Å². The van der Waals surface area contributed by atoms with Crippen LogP contribution in [0.2, 0.25) is 0 Å². The summed E-state index contributed by atoms with van der Waals surface area (Å²) in [7, 11) is 0. The van der Waals surface area contributed by atoms with Crippen molar-refractivity contribution in [3.63, 3.8) is 0 Å². The highest BCUT2D eigenvalue weighted by molar-refractivity contribution is 5.85. The van der Waals surface area contributed by atoms with E-state index >= 15 is 0 Å². The van der Waals surface area contributed by atoms with E-state index in [1.807, 2.05) is 0 Å². The average molecular weight is 275 g/mol. The first-order valence-corrected chi connectivity index (χ1v) is 5.85. The van der Waals surface area contributed by atoms with Crippen LogP contribution in [0.25, 0.3) is 0 Å². The minimum absolute atomic E-state index is 0. The molecule has 3 N–H and O–H groups in total. The molecule has 0 aliphatic heterocycles. The monoisotopic (exact) mass is 274 g/mol. The topological polar surface area (TPSA) is 38.0 Å². The van der Waals surface area contributed by atoms with Crippen molar-refractivity contribution in [2.75, 3.05) is 6.54 Å². The molecule has 3 rings (SSSR count). The third kappa shape index (κ3) is 3.35. The summed E-state index contributed by atoms with van der Waals surface area (Å²) in [6.07, 6.45) is 3.81. The van der Waals surface area contributed by atoms with E-state index in [4.69, 9.17) is 5.73 Å². The molecule has 2 unspecified atom stereocenters. The lowest BCUT2D eigenvalue weighted by Crippen LogP contribution is -2.38. The van der Waals surface area contributed by atoms with Gasteiger partial charge >= 0.3 is 0 Å². The number of halogens is 2.